The topological polar surface area (TPSA) is 20.2 Å². The van der Waals surface area contributed by atoms with Gasteiger partial charge in [-0.25, -0.2) is 0 Å². The molecule has 0 saturated heterocycles. The van der Waals surface area contributed by atoms with E-state index in [0.717, 1.165) is 6.42 Å². The molecule has 16 heavy (non-hydrogen) atoms. The van der Waals surface area contributed by atoms with Gasteiger partial charge < -0.3 is 5.11 Å². The van der Waals surface area contributed by atoms with Crippen LogP contribution in [-0.2, 0) is 0 Å². The summed E-state index contributed by atoms with van der Waals surface area (Å²) in [5.74, 6) is 0.702. The van der Waals surface area contributed by atoms with E-state index in [1.807, 2.05) is 0 Å². The van der Waals surface area contributed by atoms with Gasteiger partial charge in [0.15, 0.2) is 0 Å². The highest BCUT2D eigenvalue weighted by atomic mass is 16.3. The molecule has 1 heteroatoms. The van der Waals surface area contributed by atoms with Gasteiger partial charge in [-0.2, -0.15) is 0 Å². The lowest BCUT2D eigenvalue weighted by atomic mass is 9.57. The van der Waals surface area contributed by atoms with Crippen LogP contribution in [0, 0.1) is 22.2 Å². The molecule has 0 aromatic carbocycles. The lowest BCUT2D eigenvalue weighted by molar-refractivity contribution is -0.0790. The van der Waals surface area contributed by atoms with Gasteiger partial charge in [-0.1, -0.05) is 47.5 Å². The van der Waals surface area contributed by atoms with E-state index in [9.17, 15) is 5.11 Å². The number of rotatable bonds is 2. The van der Waals surface area contributed by atoms with Gasteiger partial charge in [0, 0.05) is 0 Å². The van der Waals surface area contributed by atoms with Crippen LogP contribution in [0.15, 0.2) is 0 Å². The Labute approximate surface area is 101 Å². The third-order valence-electron chi connectivity index (χ3n) is 6.26. The molecule has 2 aliphatic rings. The van der Waals surface area contributed by atoms with Crippen LogP contribution in [-0.4, -0.2) is 11.2 Å². The summed E-state index contributed by atoms with van der Waals surface area (Å²) in [5.41, 5.74) is 1.23. The van der Waals surface area contributed by atoms with Crippen molar-refractivity contribution in [2.24, 2.45) is 22.2 Å². The average Bonchev–Trinajstić information content (AvgIpc) is 2.81. The van der Waals surface area contributed by atoms with Crippen molar-refractivity contribution in [1.29, 1.82) is 0 Å². The van der Waals surface area contributed by atoms with Gasteiger partial charge in [0.1, 0.15) is 0 Å². The first-order chi connectivity index (χ1) is 7.34. The van der Waals surface area contributed by atoms with Crippen LogP contribution in [0.5, 0.6) is 0 Å². The van der Waals surface area contributed by atoms with Gasteiger partial charge in [0.25, 0.3) is 0 Å². The van der Waals surface area contributed by atoms with Crippen LogP contribution in [0.4, 0.5) is 0 Å². The second-order valence-electron chi connectivity index (χ2n) is 7.08. The maximum Gasteiger partial charge on any atom is 0.0594 e. The molecule has 2 saturated carbocycles. The Hall–Kier alpha value is -0.0400. The summed E-state index contributed by atoms with van der Waals surface area (Å²) in [7, 11) is 0. The van der Waals surface area contributed by atoms with Gasteiger partial charge in [0.2, 0.25) is 0 Å². The molecule has 0 amide bonds. The van der Waals surface area contributed by atoms with E-state index in [1.165, 1.54) is 25.7 Å². The lowest BCUT2D eigenvalue weighted by Crippen LogP contribution is -2.47. The van der Waals surface area contributed by atoms with Crippen LogP contribution in [0.25, 0.3) is 0 Å². The number of hydrogen-bond donors (Lipinski definition) is 1. The van der Waals surface area contributed by atoms with Crippen molar-refractivity contribution in [2.45, 2.75) is 72.8 Å². The Kier molecular flexibility index (Phi) is 2.70. The maximum absolute atomic E-state index is 10.2. The van der Waals surface area contributed by atoms with E-state index < -0.39 is 0 Å². The Balaban J connectivity index is 2.30. The summed E-state index contributed by atoms with van der Waals surface area (Å²) in [4.78, 5) is 0. The molecule has 0 aliphatic heterocycles. The highest BCUT2D eigenvalue weighted by Gasteiger charge is 2.69. The molecule has 94 valence electrons. The predicted octanol–water partition coefficient (Wildman–Crippen LogP) is 4.00. The second kappa shape index (κ2) is 3.48. The van der Waals surface area contributed by atoms with E-state index >= 15 is 0 Å². The Morgan fingerprint density at radius 1 is 1.19 bits per heavy atom. The van der Waals surface area contributed by atoms with Crippen molar-refractivity contribution in [2.75, 3.05) is 0 Å². The van der Waals surface area contributed by atoms with Crippen LogP contribution in [0.3, 0.4) is 0 Å². The first-order valence-corrected chi connectivity index (χ1v) is 7.02. The Morgan fingerprint density at radius 3 is 2.25 bits per heavy atom. The Morgan fingerprint density at radius 2 is 1.81 bits per heavy atom. The number of aliphatic hydroxyl groups excluding tert-OH is 1. The summed E-state index contributed by atoms with van der Waals surface area (Å²) in [6, 6.07) is 0. The van der Waals surface area contributed by atoms with Gasteiger partial charge in [0.05, 0.1) is 6.10 Å². The molecule has 2 aliphatic carbocycles. The number of hydrogen-bond acceptors (Lipinski definition) is 1. The zero-order chi connectivity index (χ0) is 12.2. The molecule has 2 rings (SSSR count). The third-order valence-corrected chi connectivity index (χ3v) is 6.26. The van der Waals surface area contributed by atoms with Gasteiger partial charge >= 0.3 is 0 Å². The summed E-state index contributed by atoms with van der Waals surface area (Å²) in [6.07, 6.45) is 6.09. The fourth-order valence-electron chi connectivity index (χ4n) is 4.86. The molecule has 2 fully saturated rings. The standard InChI is InChI=1S/C15H28O/c1-6-11-13(3,4)12(16)8-9-15(11)10-14(15,5)7-2/h11-12,16H,6-10H2,1-5H3. The molecule has 1 N–H and O–H groups in total. The van der Waals surface area contributed by atoms with E-state index in [-0.39, 0.29) is 11.5 Å². The highest BCUT2D eigenvalue weighted by Crippen LogP contribution is 2.76. The van der Waals surface area contributed by atoms with Gasteiger partial charge in [-0.05, 0) is 41.4 Å². The molecule has 0 heterocycles. The highest BCUT2D eigenvalue weighted by molar-refractivity contribution is 5.18. The summed E-state index contributed by atoms with van der Waals surface area (Å²) in [5, 5.41) is 10.2. The molecule has 0 aromatic heterocycles. The summed E-state index contributed by atoms with van der Waals surface area (Å²) >= 11 is 0. The molecule has 4 unspecified atom stereocenters. The molecule has 0 bridgehead atoms. The van der Waals surface area contributed by atoms with Crippen LogP contribution in [0.1, 0.15) is 66.7 Å². The number of aliphatic hydroxyl groups is 1. The SMILES string of the molecule is CCC1C(C)(C)C(O)CCC12CC2(C)CC. The third kappa shape index (κ3) is 1.33. The van der Waals surface area contributed by atoms with Crippen molar-refractivity contribution in [3.63, 3.8) is 0 Å². The monoisotopic (exact) mass is 224 g/mol. The molecular weight excluding hydrogens is 196 g/mol. The molecule has 1 nitrogen and oxygen atoms in total. The van der Waals surface area contributed by atoms with Crippen molar-refractivity contribution in [3.8, 4) is 0 Å². The molecule has 0 aromatic rings. The van der Waals surface area contributed by atoms with Crippen LogP contribution in [0.2, 0.25) is 0 Å². The zero-order valence-electron chi connectivity index (χ0n) is 11.6. The van der Waals surface area contributed by atoms with Crippen LogP contribution < -0.4 is 0 Å². The lowest BCUT2D eigenvalue weighted by Gasteiger charge is -2.49. The minimum Gasteiger partial charge on any atom is -0.393 e. The van der Waals surface area contributed by atoms with E-state index in [2.05, 4.69) is 34.6 Å². The fraction of sp³-hybridized carbons (Fsp3) is 1.00. The quantitative estimate of drug-likeness (QED) is 0.751. The van der Waals surface area contributed by atoms with Crippen molar-refractivity contribution < 1.29 is 5.11 Å². The maximum atomic E-state index is 10.2. The van der Waals surface area contributed by atoms with E-state index in [1.54, 1.807) is 0 Å². The normalized spacial score (nSPS) is 50.6. The fourth-order valence-corrected chi connectivity index (χ4v) is 4.86. The smallest absolute Gasteiger partial charge is 0.0594 e. The van der Waals surface area contributed by atoms with Crippen LogP contribution >= 0.6 is 0 Å². The zero-order valence-corrected chi connectivity index (χ0v) is 11.6. The average molecular weight is 224 g/mol. The first-order valence-electron chi connectivity index (χ1n) is 7.02. The molecule has 0 radical (unpaired) electrons. The summed E-state index contributed by atoms with van der Waals surface area (Å²) in [6.45, 7) is 11.7. The predicted molar refractivity (Wildman–Crippen MR) is 68.3 cm³/mol. The van der Waals surface area contributed by atoms with E-state index in [4.69, 9.17) is 0 Å². The van der Waals surface area contributed by atoms with E-state index in [0.29, 0.717) is 16.7 Å². The Bertz CT molecular complexity index is 283. The molecule has 1 spiro atoms. The second-order valence-corrected chi connectivity index (χ2v) is 7.08. The first kappa shape index (κ1) is 12.4. The van der Waals surface area contributed by atoms with Gasteiger partial charge in [-0.3, -0.25) is 0 Å². The molecular formula is C15H28O. The van der Waals surface area contributed by atoms with Crippen molar-refractivity contribution >= 4 is 0 Å². The van der Waals surface area contributed by atoms with Crippen molar-refractivity contribution in [3.05, 3.63) is 0 Å². The minimum atomic E-state index is -0.0928. The van der Waals surface area contributed by atoms with Crippen molar-refractivity contribution in [1.82, 2.24) is 0 Å². The largest absolute Gasteiger partial charge is 0.393 e. The molecule has 4 atom stereocenters. The summed E-state index contributed by atoms with van der Waals surface area (Å²) < 4.78 is 0. The van der Waals surface area contributed by atoms with Gasteiger partial charge in [-0.15, -0.1) is 0 Å². The minimum absolute atomic E-state index is 0.0928.